The zero-order valence-electron chi connectivity index (χ0n) is 11.2. The first-order chi connectivity index (χ1) is 9.13. The van der Waals surface area contributed by atoms with Gasteiger partial charge in [-0.15, -0.1) is 0 Å². The Kier molecular flexibility index (Phi) is 4.12. The third kappa shape index (κ3) is 2.90. The van der Waals surface area contributed by atoms with Crippen LogP contribution in [0.3, 0.4) is 0 Å². The van der Waals surface area contributed by atoms with Gasteiger partial charge in [0, 0.05) is 25.7 Å². The van der Waals surface area contributed by atoms with Gasteiger partial charge in [-0.2, -0.15) is 9.78 Å². The molecule has 0 spiro atoms. The third-order valence-corrected chi connectivity index (χ3v) is 3.41. The van der Waals surface area contributed by atoms with Crippen LogP contribution in [0.1, 0.15) is 13.8 Å². The van der Waals surface area contributed by atoms with Crippen LogP contribution in [0.15, 0.2) is 12.7 Å². The van der Waals surface area contributed by atoms with Crippen molar-refractivity contribution < 1.29 is 4.79 Å². The van der Waals surface area contributed by atoms with Gasteiger partial charge in [-0.05, 0) is 13.8 Å². The molecule has 0 bridgehead atoms. The number of aromatic nitrogens is 3. The van der Waals surface area contributed by atoms with Crippen LogP contribution in [-0.2, 0) is 0 Å². The molecule has 1 fully saturated rings. The molecule has 0 saturated carbocycles. The second kappa shape index (κ2) is 5.80. The quantitative estimate of drug-likeness (QED) is 0.731. The largest absolute Gasteiger partial charge is 0.346 e. The molecular formula is C12H18N6O. The molecule has 1 amide bonds. The molecule has 0 aliphatic carbocycles. The summed E-state index contributed by atoms with van der Waals surface area (Å²) in [6.45, 7) is 13.8. The van der Waals surface area contributed by atoms with E-state index in [-0.39, 0.29) is 12.1 Å². The highest BCUT2D eigenvalue weighted by Gasteiger charge is 2.34. The van der Waals surface area contributed by atoms with E-state index >= 15 is 0 Å². The van der Waals surface area contributed by atoms with E-state index in [1.54, 1.807) is 4.90 Å². The van der Waals surface area contributed by atoms with Crippen molar-refractivity contribution in [2.45, 2.75) is 25.9 Å². The van der Waals surface area contributed by atoms with Crippen molar-refractivity contribution in [2.24, 2.45) is 0 Å². The molecule has 0 N–H and O–H groups in total. The molecule has 0 radical (unpaired) electrons. The zero-order valence-corrected chi connectivity index (χ0v) is 11.2. The van der Waals surface area contributed by atoms with Crippen LogP contribution in [0.5, 0.6) is 0 Å². The van der Waals surface area contributed by atoms with Crippen molar-refractivity contribution in [2.75, 3.05) is 26.2 Å². The smallest absolute Gasteiger partial charge is 0.315 e. The van der Waals surface area contributed by atoms with Crippen LogP contribution < -0.4 is 0 Å². The van der Waals surface area contributed by atoms with Gasteiger partial charge in [0.05, 0.1) is 0 Å². The number of carbonyl (C=O) groups is 1. The van der Waals surface area contributed by atoms with Crippen LogP contribution >= 0.6 is 0 Å². The minimum absolute atomic E-state index is 0.0784. The minimum atomic E-state index is -0.199. The average molecular weight is 262 g/mol. The molecule has 0 aromatic carbocycles. The number of amides is 1. The first-order valence-electron chi connectivity index (χ1n) is 6.36. The van der Waals surface area contributed by atoms with Gasteiger partial charge in [-0.1, -0.05) is 0 Å². The molecule has 1 aliphatic heterocycles. The molecule has 7 heteroatoms. The lowest BCUT2D eigenvalue weighted by Gasteiger charge is -2.40. The van der Waals surface area contributed by atoms with E-state index in [0.29, 0.717) is 19.1 Å². The van der Waals surface area contributed by atoms with Crippen LogP contribution in [0.2, 0.25) is 0 Å². The van der Waals surface area contributed by atoms with Crippen molar-refractivity contribution in [3.63, 3.8) is 0 Å². The van der Waals surface area contributed by atoms with E-state index < -0.39 is 0 Å². The summed E-state index contributed by atoms with van der Waals surface area (Å²) in [6.07, 6.45) is 2.73. The third-order valence-electron chi connectivity index (χ3n) is 3.41. The predicted octanol–water partition coefficient (Wildman–Crippen LogP) is 0.560. The summed E-state index contributed by atoms with van der Waals surface area (Å²) in [6, 6.07) is 0.150. The number of hydrogen-bond donors (Lipinski definition) is 0. The summed E-state index contributed by atoms with van der Waals surface area (Å²) >= 11 is 0. The Hall–Kier alpha value is -1.94. The number of rotatable bonds is 2. The Morgan fingerprint density at radius 3 is 2.89 bits per heavy atom. The van der Waals surface area contributed by atoms with Gasteiger partial charge in [0.15, 0.2) is 0 Å². The van der Waals surface area contributed by atoms with Crippen molar-refractivity contribution >= 4 is 6.03 Å². The van der Waals surface area contributed by atoms with E-state index in [9.17, 15) is 4.79 Å². The van der Waals surface area contributed by atoms with Crippen molar-refractivity contribution in [1.29, 1.82) is 0 Å². The van der Waals surface area contributed by atoms with Gasteiger partial charge in [0.1, 0.15) is 18.7 Å². The van der Waals surface area contributed by atoms with Crippen molar-refractivity contribution in [3.8, 4) is 0 Å². The Balaban J connectivity index is 2.11. The monoisotopic (exact) mass is 262 g/mol. The first-order valence-corrected chi connectivity index (χ1v) is 6.36. The van der Waals surface area contributed by atoms with Gasteiger partial charge in [-0.3, -0.25) is 4.90 Å². The summed E-state index contributed by atoms with van der Waals surface area (Å²) in [5.41, 5.74) is 0. The molecule has 1 aliphatic rings. The highest BCUT2D eigenvalue weighted by molar-refractivity contribution is 5.76. The van der Waals surface area contributed by atoms with Gasteiger partial charge >= 0.3 is 6.03 Å². The number of piperazine rings is 1. The maximum absolute atomic E-state index is 12.3. The molecule has 1 aromatic rings. The lowest BCUT2D eigenvalue weighted by Crippen LogP contribution is -2.58. The molecule has 1 aromatic heterocycles. The van der Waals surface area contributed by atoms with E-state index in [1.807, 2.05) is 0 Å². The maximum Gasteiger partial charge on any atom is 0.346 e. The van der Waals surface area contributed by atoms with Crippen molar-refractivity contribution in [1.82, 2.24) is 24.6 Å². The summed E-state index contributed by atoms with van der Waals surface area (Å²) in [5.74, 6) is 0. The first kappa shape index (κ1) is 13.5. The molecule has 7 nitrogen and oxygen atoms in total. The minimum Gasteiger partial charge on any atom is -0.315 e. The Morgan fingerprint density at radius 2 is 2.32 bits per heavy atom. The lowest BCUT2D eigenvalue weighted by molar-refractivity contribution is 0.0816. The Labute approximate surface area is 112 Å². The van der Waals surface area contributed by atoms with Gasteiger partial charge in [-0.25, -0.2) is 16.4 Å². The molecule has 0 unspecified atom stereocenters. The maximum atomic E-state index is 12.3. The molecule has 2 heterocycles. The highest BCUT2D eigenvalue weighted by Crippen LogP contribution is 2.14. The van der Waals surface area contributed by atoms with Crippen LogP contribution in [0.4, 0.5) is 4.79 Å². The SMILES string of the molecule is [C-]#[N+]C[C@H]1CN(C(C)C)CCN1C(=O)n1cncn1. The van der Waals surface area contributed by atoms with E-state index in [1.165, 1.54) is 17.3 Å². The number of hydrogen-bond acceptors (Lipinski definition) is 4. The fourth-order valence-corrected chi connectivity index (χ4v) is 2.30. The van der Waals surface area contributed by atoms with Crippen LogP contribution in [-0.4, -0.2) is 68.9 Å². The molecular weight excluding hydrogens is 244 g/mol. The van der Waals surface area contributed by atoms with E-state index in [0.717, 1.165) is 13.1 Å². The normalized spacial score (nSPS) is 20.5. The summed E-state index contributed by atoms with van der Waals surface area (Å²) < 4.78 is 1.22. The second-order valence-electron chi connectivity index (χ2n) is 4.90. The lowest BCUT2D eigenvalue weighted by atomic mass is 10.1. The molecule has 19 heavy (non-hydrogen) atoms. The van der Waals surface area contributed by atoms with Crippen LogP contribution in [0, 0.1) is 6.57 Å². The van der Waals surface area contributed by atoms with Gasteiger partial charge in [0.2, 0.25) is 6.54 Å². The summed E-state index contributed by atoms with van der Waals surface area (Å²) in [5, 5.41) is 3.86. The molecule has 2 rings (SSSR count). The standard InChI is InChI=1S/C12H18N6O/c1-10(2)16-4-5-17(11(7-16)6-13-3)12(19)18-9-14-8-15-18/h8-11H,4-7H2,1-2H3/t11-/m0/s1. The molecule has 102 valence electrons. The highest BCUT2D eigenvalue weighted by atomic mass is 16.2. The Bertz CT molecular complexity index is 463. The van der Waals surface area contributed by atoms with Gasteiger partial charge in [0.25, 0.3) is 0 Å². The second-order valence-corrected chi connectivity index (χ2v) is 4.90. The van der Waals surface area contributed by atoms with E-state index in [2.05, 4.69) is 33.7 Å². The average Bonchev–Trinajstić information content (AvgIpc) is 2.92. The predicted molar refractivity (Wildman–Crippen MR) is 69.5 cm³/mol. The molecule has 1 atom stereocenters. The topological polar surface area (TPSA) is 58.6 Å². The fourth-order valence-electron chi connectivity index (χ4n) is 2.30. The fraction of sp³-hybridized carbons (Fsp3) is 0.667. The van der Waals surface area contributed by atoms with Crippen LogP contribution in [0.25, 0.3) is 4.85 Å². The number of nitrogens with zero attached hydrogens (tertiary/aromatic N) is 6. The van der Waals surface area contributed by atoms with Crippen molar-refractivity contribution in [3.05, 3.63) is 24.1 Å². The molecule has 1 saturated heterocycles. The summed E-state index contributed by atoms with van der Waals surface area (Å²) in [4.78, 5) is 23.5. The van der Waals surface area contributed by atoms with Gasteiger partial charge < -0.3 is 9.74 Å². The Morgan fingerprint density at radius 1 is 1.53 bits per heavy atom. The summed E-state index contributed by atoms with van der Waals surface area (Å²) in [7, 11) is 0. The zero-order chi connectivity index (χ0) is 13.8. The van der Waals surface area contributed by atoms with E-state index in [4.69, 9.17) is 6.57 Å². The number of carbonyl (C=O) groups excluding carboxylic acids is 1.